The molecule has 0 amide bonds. The summed E-state index contributed by atoms with van der Waals surface area (Å²) < 4.78 is 28.1. The van der Waals surface area contributed by atoms with Crippen molar-refractivity contribution in [3.63, 3.8) is 0 Å². The minimum atomic E-state index is -0.442. The third-order valence-electron chi connectivity index (χ3n) is 5.96. The lowest BCUT2D eigenvalue weighted by atomic mass is 10.0. The van der Waals surface area contributed by atoms with Crippen LogP contribution in [0.15, 0.2) is 69.9 Å². The number of carbonyl (C=O) groups is 1. The molecule has 4 aromatic rings. The van der Waals surface area contributed by atoms with Crippen molar-refractivity contribution in [2.75, 3.05) is 27.9 Å². The van der Waals surface area contributed by atoms with Gasteiger partial charge < -0.3 is 23.4 Å². The molecule has 0 spiro atoms. The molecule has 0 atom stereocenters. The Morgan fingerprint density at radius 3 is 2.26 bits per heavy atom. The molecule has 0 aliphatic heterocycles. The molecule has 0 fully saturated rings. The van der Waals surface area contributed by atoms with Crippen LogP contribution in [0, 0.1) is 19.3 Å². The van der Waals surface area contributed by atoms with Gasteiger partial charge in [0.05, 0.1) is 26.7 Å². The standard InChI is InChI=1S/C31H26O7/c1-6-16-37-24-15-13-22-28(33)19(2)29(21-10-8-7-9-11-21)38-30(22)27(24)23(32)14-12-20-17-25(34-3)31(36-5)26(18-20)35-4/h1,7-15,17-18H,16H2,2-5H3. The molecule has 3 aromatic carbocycles. The Kier molecular flexibility index (Phi) is 7.83. The smallest absolute Gasteiger partial charge is 0.203 e. The van der Waals surface area contributed by atoms with Gasteiger partial charge in [0, 0.05) is 11.1 Å². The first kappa shape index (κ1) is 26.1. The second-order valence-corrected chi connectivity index (χ2v) is 8.22. The predicted octanol–water partition coefficient (Wildman–Crippen LogP) is 5.70. The lowest BCUT2D eigenvalue weighted by Gasteiger charge is -2.13. The van der Waals surface area contributed by atoms with Crippen molar-refractivity contribution < 1.29 is 28.2 Å². The van der Waals surface area contributed by atoms with Gasteiger partial charge in [0.1, 0.15) is 23.7 Å². The van der Waals surface area contributed by atoms with Crippen LogP contribution in [0.1, 0.15) is 21.5 Å². The number of rotatable bonds is 9. The highest BCUT2D eigenvalue weighted by Crippen LogP contribution is 2.39. The van der Waals surface area contributed by atoms with E-state index in [0.29, 0.717) is 39.7 Å². The van der Waals surface area contributed by atoms with Crippen molar-refractivity contribution in [3.05, 3.63) is 87.6 Å². The van der Waals surface area contributed by atoms with Gasteiger partial charge in [-0.25, -0.2) is 0 Å². The van der Waals surface area contributed by atoms with Crippen molar-refractivity contribution in [1.29, 1.82) is 0 Å². The van der Waals surface area contributed by atoms with E-state index in [1.54, 1.807) is 37.3 Å². The van der Waals surface area contributed by atoms with E-state index >= 15 is 0 Å². The minimum absolute atomic E-state index is 0.0655. The Labute approximate surface area is 220 Å². The normalized spacial score (nSPS) is 10.8. The highest BCUT2D eigenvalue weighted by molar-refractivity contribution is 6.15. The van der Waals surface area contributed by atoms with Gasteiger partial charge in [0.25, 0.3) is 0 Å². The number of terminal acetylenes is 1. The monoisotopic (exact) mass is 510 g/mol. The average Bonchev–Trinajstić information content (AvgIpc) is 2.95. The Morgan fingerprint density at radius 1 is 0.974 bits per heavy atom. The van der Waals surface area contributed by atoms with Gasteiger partial charge in [-0.3, -0.25) is 9.59 Å². The molecule has 0 saturated heterocycles. The first-order chi connectivity index (χ1) is 18.4. The van der Waals surface area contributed by atoms with Gasteiger partial charge in [-0.1, -0.05) is 42.3 Å². The Bertz CT molecular complexity index is 1600. The minimum Gasteiger partial charge on any atom is -0.493 e. The van der Waals surface area contributed by atoms with Crippen LogP contribution in [0.2, 0.25) is 0 Å². The number of ketones is 1. The number of hydrogen-bond donors (Lipinski definition) is 0. The fourth-order valence-electron chi connectivity index (χ4n) is 4.12. The molecule has 1 heterocycles. The first-order valence-corrected chi connectivity index (χ1v) is 11.7. The predicted molar refractivity (Wildman–Crippen MR) is 146 cm³/mol. The van der Waals surface area contributed by atoms with E-state index in [1.165, 1.54) is 27.4 Å². The maximum absolute atomic E-state index is 13.6. The zero-order valence-corrected chi connectivity index (χ0v) is 21.5. The maximum atomic E-state index is 13.6. The van der Waals surface area contributed by atoms with Gasteiger partial charge >= 0.3 is 0 Å². The van der Waals surface area contributed by atoms with Crippen molar-refractivity contribution in [3.8, 4) is 46.7 Å². The van der Waals surface area contributed by atoms with Crippen molar-refractivity contribution in [2.45, 2.75) is 6.92 Å². The molecule has 7 heteroatoms. The second-order valence-electron chi connectivity index (χ2n) is 8.22. The maximum Gasteiger partial charge on any atom is 0.203 e. The zero-order chi connectivity index (χ0) is 27.2. The first-order valence-electron chi connectivity index (χ1n) is 11.7. The van der Waals surface area contributed by atoms with Gasteiger partial charge in [0.15, 0.2) is 28.3 Å². The van der Waals surface area contributed by atoms with Gasteiger partial charge in [-0.2, -0.15) is 0 Å². The van der Waals surface area contributed by atoms with Gasteiger partial charge in [-0.05, 0) is 42.8 Å². The van der Waals surface area contributed by atoms with Crippen molar-refractivity contribution in [2.24, 2.45) is 0 Å². The van der Waals surface area contributed by atoms with Crippen LogP contribution < -0.4 is 24.4 Å². The number of ether oxygens (including phenoxy) is 4. The average molecular weight is 511 g/mol. The molecular formula is C31H26O7. The van der Waals surface area contributed by atoms with E-state index < -0.39 is 5.78 Å². The van der Waals surface area contributed by atoms with Crippen LogP contribution in [0.5, 0.6) is 23.0 Å². The summed E-state index contributed by atoms with van der Waals surface area (Å²) in [4.78, 5) is 26.9. The Balaban J connectivity index is 1.89. The van der Waals surface area contributed by atoms with Crippen LogP contribution in [0.4, 0.5) is 0 Å². The molecule has 0 N–H and O–H groups in total. The van der Waals surface area contributed by atoms with E-state index in [4.69, 9.17) is 29.8 Å². The molecule has 192 valence electrons. The summed E-state index contributed by atoms with van der Waals surface area (Å²) in [7, 11) is 4.53. The fraction of sp³-hybridized carbons (Fsp3) is 0.161. The topological polar surface area (TPSA) is 84.2 Å². The van der Waals surface area contributed by atoms with Crippen LogP contribution in [0.25, 0.3) is 28.4 Å². The molecular weight excluding hydrogens is 484 g/mol. The quantitative estimate of drug-likeness (QED) is 0.162. The van der Waals surface area contributed by atoms with Crippen LogP contribution >= 0.6 is 0 Å². The molecule has 7 nitrogen and oxygen atoms in total. The number of allylic oxidation sites excluding steroid dienone is 1. The van der Waals surface area contributed by atoms with Crippen LogP contribution in [-0.4, -0.2) is 33.7 Å². The summed E-state index contributed by atoms with van der Waals surface area (Å²) in [6.45, 7) is 1.63. The molecule has 0 unspecified atom stereocenters. The van der Waals surface area contributed by atoms with Crippen LogP contribution in [0.3, 0.4) is 0 Å². The zero-order valence-electron chi connectivity index (χ0n) is 21.5. The lowest BCUT2D eigenvalue weighted by molar-refractivity contribution is 0.104. The second kappa shape index (κ2) is 11.4. The van der Waals surface area contributed by atoms with Crippen LogP contribution in [-0.2, 0) is 0 Å². The molecule has 38 heavy (non-hydrogen) atoms. The summed E-state index contributed by atoms with van der Waals surface area (Å²) in [5.74, 6) is 3.86. The third kappa shape index (κ3) is 4.97. The van der Waals surface area contributed by atoms with E-state index in [-0.39, 0.29) is 34.3 Å². The summed E-state index contributed by atoms with van der Waals surface area (Å²) in [6, 6.07) is 15.8. The fourth-order valence-corrected chi connectivity index (χ4v) is 4.12. The molecule has 1 aromatic heterocycles. The number of hydrogen-bond acceptors (Lipinski definition) is 7. The summed E-state index contributed by atoms with van der Waals surface area (Å²) >= 11 is 0. The Hall–Kier alpha value is -4.96. The number of benzene rings is 3. The molecule has 0 saturated carbocycles. The van der Waals surface area contributed by atoms with E-state index in [9.17, 15) is 9.59 Å². The SMILES string of the molecule is C#CCOc1ccc2c(=O)c(C)c(-c3ccccc3)oc2c1C(=O)C=Cc1cc(OC)c(OC)c(OC)c1. The highest BCUT2D eigenvalue weighted by Gasteiger charge is 2.22. The summed E-state index contributed by atoms with van der Waals surface area (Å²) in [5.41, 5.74) is 1.75. The lowest BCUT2D eigenvalue weighted by Crippen LogP contribution is -2.11. The molecule has 0 aliphatic carbocycles. The van der Waals surface area contributed by atoms with E-state index in [2.05, 4.69) is 5.92 Å². The Morgan fingerprint density at radius 2 is 1.66 bits per heavy atom. The van der Waals surface area contributed by atoms with Crippen molar-refractivity contribution >= 4 is 22.8 Å². The number of methoxy groups -OCH3 is 3. The number of carbonyl (C=O) groups excluding carboxylic acids is 1. The molecule has 0 bridgehead atoms. The molecule has 4 rings (SSSR count). The summed E-state index contributed by atoms with van der Waals surface area (Å²) in [5, 5.41) is 0.264. The van der Waals surface area contributed by atoms with Gasteiger partial charge in [0.2, 0.25) is 5.75 Å². The highest BCUT2D eigenvalue weighted by atomic mass is 16.5. The number of fused-ring (bicyclic) bond motifs is 1. The summed E-state index contributed by atoms with van der Waals surface area (Å²) in [6.07, 6.45) is 8.35. The largest absolute Gasteiger partial charge is 0.493 e. The third-order valence-corrected chi connectivity index (χ3v) is 5.96. The van der Waals surface area contributed by atoms with Gasteiger partial charge in [-0.15, -0.1) is 6.42 Å². The van der Waals surface area contributed by atoms with E-state index in [1.807, 2.05) is 30.3 Å². The molecule has 0 aliphatic rings. The molecule has 0 radical (unpaired) electrons. The van der Waals surface area contributed by atoms with Crippen molar-refractivity contribution in [1.82, 2.24) is 0 Å². The van der Waals surface area contributed by atoms with E-state index in [0.717, 1.165) is 0 Å².